The largest absolute Gasteiger partial charge is 0.456 e. The molecule has 4 nitrogen and oxygen atoms in total. The van der Waals surface area contributed by atoms with Crippen molar-refractivity contribution in [2.75, 3.05) is 7.05 Å². The summed E-state index contributed by atoms with van der Waals surface area (Å²) in [7, 11) is 2.19. The molecule has 3 aromatic heterocycles. The lowest BCUT2D eigenvalue weighted by atomic mass is 10.0. The molecule has 0 N–H and O–H groups in total. The Bertz CT molecular complexity index is 2650. The van der Waals surface area contributed by atoms with Crippen LogP contribution < -0.4 is 0 Å². The molecule has 1 aliphatic rings. The number of fused-ring (bicyclic) bond motifs is 10. The van der Waals surface area contributed by atoms with Crippen LogP contribution in [0.5, 0.6) is 0 Å². The molecular formula is C39H25N3OS. The molecule has 1 unspecified atom stereocenters. The molecule has 1 atom stereocenters. The Balaban J connectivity index is 1.32. The zero-order valence-electron chi connectivity index (χ0n) is 23.9. The van der Waals surface area contributed by atoms with Crippen molar-refractivity contribution in [1.29, 1.82) is 0 Å². The lowest BCUT2D eigenvalue weighted by Crippen LogP contribution is -2.37. The number of hydrogen-bond donors (Lipinski definition) is 0. The molecule has 10 rings (SSSR count). The fourth-order valence-corrected chi connectivity index (χ4v) is 8.55. The number of nitrogens with zero attached hydrogens (tertiary/aromatic N) is 3. The number of hydrogen-bond acceptors (Lipinski definition) is 4. The van der Waals surface area contributed by atoms with Gasteiger partial charge in [0.15, 0.2) is 0 Å². The van der Waals surface area contributed by atoms with Crippen LogP contribution in [0.3, 0.4) is 0 Å². The number of aliphatic imine (C=N–C) groups is 1. The lowest BCUT2D eigenvalue weighted by Gasteiger charge is -2.36. The summed E-state index contributed by atoms with van der Waals surface area (Å²) in [4.78, 5) is 9.11. The quantitative estimate of drug-likeness (QED) is 0.203. The summed E-state index contributed by atoms with van der Waals surface area (Å²) in [5, 5.41) is 8.42. The van der Waals surface area contributed by atoms with Crippen molar-refractivity contribution in [2.24, 2.45) is 4.99 Å². The maximum atomic E-state index is 6.32. The summed E-state index contributed by atoms with van der Waals surface area (Å²) >= 11 is 1.85. The normalized spacial score (nSPS) is 15.2. The minimum atomic E-state index is -0.105. The van der Waals surface area contributed by atoms with Gasteiger partial charge in [-0.1, -0.05) is 91.0 Å². The predicted molar refractivity (Wildman–Crippen MR) is 185 cm³/mol. The Morgan fingerprint density at radius 1 is 0.636 bits per heavy atom. The van der Waals surface area contributed by atoms with Gasteiger partial charge in [0.1, 0.15) is 23.2 Å². The van der Waals surface area contributed by atoms with E-state index >= 15 is 0 Å². The summed E-state index contributed by atoms with van der Waals surface area (Å²) in [6.07, 6.45) is -0.105. The van der Waals surface area contributed by atoms with Gasteiger partial charge < -0.3 is 13.9 Å². The van der Waals surface area contributed by atoms with E-state index in [1.807, 2.05) is 23.5 Å². The van der Waals surface area contributed by atoms with Crippen molar-refractivity contribution in [3.05, 3.63) is 138 Å². The van der Waals surface area contributed by atoms with Crippen molar-refractivity contribution in [2.45, 2.75) is 6.17 Å². The fourth-order valence-electron chi connectivity index (χ4n) is 7.27. The highest BCUT2D eigenvalue weighted by Crippen LogP contribution is 2.50. The van der Waals surface area contributed by atoms with E-state index in [-0.39, 0.29) is 6.17 Å². The first-order valence-electron chi connectivity index (χ1n) is 14.9. The number of rotatable bonds is 2. The van der Waals surface area contributed by atoms with E-state index in [0.717, 1.165) is 39.0 Å². The van der Waals surface area contributed by atoms with Crippen molar-refractivity contribution in [3.8, 4) is 0 Å². The van der Waals surface area contributed by atoms with Crippen LogP contribution in [0.2, 0.25) is 0 Å². The fraction of sp³-hybridized carbons (Fsp3) is 0.0513. The predicted octanol–water partition coefficient (Wildman–Crippen LogP) is 10.6. The first-order chi connectivity index (χ1) is 21.7. The van der Waals surface area contributed by atoms with Gasteiger partial charge in [-0.2, -0.15) is 0 Å². The highest BCUT2D eigenvalue weighted by Gasteiger charge is 2.35. The summed E-state index contributed by atoms with van der Waals surface area (Å²) < 4.78 is 10.1. The minimum absolute atomic E-state index is 0.105. The van der Waals surface area contributed by atoms with Gasteiger partial charge in [-0.25, -0.2) is 4.99 Å². The van der Waals surface area contributed by atoms with Crippen molar-refractivity contribution < 1.29 is 4.42 Å². The first kappa shape index (κ1) is 24.1. The van der Waals surface area contributed by atoms with Crippen molar-refractivity contribution in [1.82, 2.24) is 9.47 Å². The van der Waals surface area contributed by atoms with Gasteiger partial charge >= 0.3 is 0 Å². The number of benzene rings is 6. The molecule has 44 heavy (non-hydrogen) atoms. The molecule has 1 aliphatic heterocycles. The number of aromatic nitrogens is 1. The van der Waals surface area contributed by atoms with E-state index in [9.17, 15) is 0 Å². The van der Waals surface area contributed by atoms with E-state index in [1.54, 1.807) is 0 Å². The van der Waals surface area contributed by atoms with E-state index in [4.69, 9.17) is 9.41 Å². The Morgan fingerprint density at radius 3 is 2.23 bits per heavy atom. The van der Waals surface area contributed by atoms with E-state index in [2.05, 4.69) is 132 Å². The summed E-state index contributed by atoms with van der Waals surface area (Å²) in [6.45, 7) is 0. The Labute approximate surface area is 256 Å². The molecule has 0 radical (unpaired) electrons. The molecule has 4 heterocycles. The van der Waals surface area contributed by atoms with Crippen LogP contribution in [-0.4, -0.2) is 22.4 Å². The second-order valence-corrected chi connectivity index (χ2v) is 12.7. The number of thiophene rings is 1. The van der Waals surface area contributed by atoms with Crippen LogP contribution in [0.4, 0.5) is 5.69 Å². The molecular weight excluding hydrogens is 559 g/mol. The van der Waals surface area contributed by atoms with E-state index in [1.165, 1.54) is 47.5 Å². The Hall–Kier alpha value is -5.39. The molecule has 0 spiro atoms. The third-order valence-corrected chi connectivity index (χ3v) is 10.4. The van der Waals surface area contributed by atoms with Gasteiger partial charge in [0.05, 0.1) is 21.6 Å². The molecule has 5 heteroatoms. The summed E-state index contributed by atoms with van der Waals surface area (Å²) in [5.74, 6) is 0.940. The van der Waals surface area contributed by atoms with Gasteiger partial charge in [-0.3, -0.25) is 0 Å². The monoisotopic (exact) mass is 583 g/mol. The standard InChI is InChI=1S/C39H25N3OS/c1-41-38(28-16-10-19-33-35(28)26-14-5-8-18-32(26)43-33)40-36-27-15-6-9-20-34(27)44-37(36)39(41)42-30-17-7-4-13-25(30)29-21-23-11-2-3-12-24(23)22-31(29)42/h2-22,39H,1H3. The SMILES string of the molecule is CN1C(c2cccc3oc4ccccc4c23)=Nc2c(sc3ccccc23)C1n1c2ccccc2c2cc3ccccc3cc21. The molecule has 0 saturated carbocycles. The highest BCUT2D eigenvalue weighted by molar-refractivity contribution is 7.19. The maximum absolute atomic E-state index is 6.32. The smallest absolute Gasteiger partial charge is 0.145 e. The molecule has 208 valence electrons. The van der Waals surface area contributed by atoms with Crippen LogP contribution in [0.25, 0.3) is 64.6 Å². The van der Waals surface area contributed by atoms with Gasteiger partial charge in [-0.05, 0) is 47.2 Å². The van der Waals surface area contributed by atoms with Crippen LogP contribution in [0.1, 0.15) is 16.6 Å². The molecule has 9 aromatic rings. The number of para-hydroxylation sites is 2. The average Bonchev–Trinajstić information content (AvgIpc) is 3.73. The van der Waals surface area contributed by atoms with Crippen LogP contribution >= 0.6 is 11.3 Å². The maximum Gasteiger partial charge on any atom is 0.145 e. The molecule has 0 aliphatic carbocycles. The van der Waals surface area contributed by atoms with Crippen LogP contribution in [0.15, 0.2) is 137 Å². The third-order valence-electron chi connectivity index (χ3n) is 9.21. The molecule has 6 aromatic carbocycles. The van der Waals surface area contributed by atoms with Crippen molar-refractivity contribution >= 4 is 87.5 Å². The summed E-state index contributed by atoms with van der Waals surface area (Å²) in [6, 6.07) is 45.5. The van der Waals surface area contributed by atoms with Crippen molar-refractivity contribution in [3.63, 3.8) is 0 Å². The van der Waals surface area contributed by atoms with E-state index in [0.29, 0.717) is 0 Å². The summed E-state index contributed by atoms with van der Waals surface area (Å²) in [5.41, 5.74) is 6.33. The van der Waals surface area contributed by atoms with Gasteiger partial charge in [0, 0.05) is 44.2 Å². The Kier molecular flexibility index (Phi) is 4.83. The van der Waals surface area contributed by atoms with Gasteiger partial charge in [0.2, 0.25) is 0 Å². The first-order valence-corrected chi connectivity index (χ1v) is 15.7. The zero-order chi connectivity index (χ0) is 28.9. The second-order valence-electron chi connectivity index (χ2n) is 11.6. The average molecular weight is 584 g/mol. The number of furan rings is 1. The van der Waals surface area contributed by atoms with Crippen LogP contribution in [-0.2, 0) is 0 Å². The highest BCUT2D eigenvalue weighted by atomic mass is 32.1. The van der Waals surface area contributed by atoms with Crippen LogP contribution in [0, 0.1) is 0 Å². The van der Waals surface area contributed by atoms with E-state index < -0.39 is 0 Å². The third kappa shape index (κ3) is 3.19. The Morgan fingerprint density at radius 2 is 1.34 bits per heavy atom. The van der Waals surface area contributed by atoms with Gasteiger partial charge in [0.25, 0.3) is 0 Å². The second kappa shape index (κ2) is 8.82. The lowest BCUT2D eigenvalue weighted by molar-refractivity contribution is 0.343. The van der Waals surface area contributed by atoms with Gasteiger partial charge in [-0.15, -0.1) is 11.3 Å². The zero-order valence-corrected chi connectivity index (χ0v) is 24.7. The molecule has 0 amide bonds. The molecule has 0 saturated heterocycles. The molecule has 0 bridgehead atoms. The molecule has 0 fully saturated rings. The number of amidine groups is 1. The topological polar surface area (TPSA) is 33.7 Å². The minimum Gasteiger partial charge on any atom is -0.456 e.